The molecule has 1 atom stereocenters. The zero-order valence-electron chi connectivity index (χ0n) is 22.2. The average Bonchev–Trinajstić information content (AvgIpc) is 3.42. The maximum atomic E-state index is 13.9. The Morgan fingerprint density at radius 2 is 1.97 bits per heavy atom. The zero-order chi connectivity index (χ0) is 27.7. The van der Waals surface area contributed by atoms with Gasteiger partial charge in [0.1, 0.15) is 11.5 Å². The van der Waals surface area contributed by atoms with Crippen LogP contribution in [-0.4, -0.2) is 49.6 Å². The molecule has 0 radical (unpaired) electrons. The maximum absolute atomic E-state index is 13.9. The molecule has 5 rings (SSSR count). The third kappa shape index (κ3) is 5.61. The monoisotopic (exact) mass is 615 g/mol. The lowest BCUT2D eigenvalue weighted by Gasteiger charge is -2.26. The van der Waals surface area contributed by atoms with Gasteiger partial charge >= 0.3 is 5.97 Å². The van der Waals surface area contributed by atoms with Gasteiger partial charge in [0.15, 0.2) is 4.80 Å². The van der Waals surface area contributed by atoms with Gasteiger partial charge in [-0.2, -0.15) is 0 Å². The Labute approximate surface area is 238 Å². The summed E-state index contributed by atoms with van der Waals surface area (Å²) in [5, 5.41) is 0. The number of carbonyl (C=O) groups excluding carboxylic acids is 1. The molecule has 0 N–H and O–H groups in total. The van der Waals surface area contributed by atoms with Gasteiger partial charge in [-0.05, 0) is 61.3 Å². The molecule has 0 saturated carbocycles. The second-order valence-electron chi connectivity index (χ2n) is 9.44. The first-order chi connectivity index (χ1) is 18.8. The normalized spacial score (nSPS) is 17.8. The second-order valence-corrected chi connectivity index (χ2v) is 11.3. The first-order valence-corrected chi connectivity index (χ1v) is 14.5. The van der Waals surface area contributed by atoms with Crippen molar-refractivity contribution in [3.8, 4) is 5.75 Å². The van der Waals surface area contributed by atoms with E-state index in [1.165, 1.54) is 11.3 Å². The molecule has 4 heterocycles. The van der Waals surface area contributed by atoms with Crippen molar-refractivity contribution in [2.24, 2.45) is 4.99 Å². The van der Waals surface area contributed by atoms with Crippen molar-refractivity contribution in [2.75, 3.05) is 37.8 Å². The predicted octanol–water partition coefficient (Wildman–Crippen LogP) is 3.78. The molecule has 0 bridgehead atoms. The highest BCUT2D eigenvalue weighted by molar-refractivity contribution is 9.10. The third-order valence-corrected chi connectivity index (χ3v) is 7.90. The molecule has 3 aromatic rings. The highest BCUT2D eigenvalue weighted by atomic mass is 79.9. The van der Waals surface area contributed by atoms with Gasteiger partial charge in [-0.1, -0.05) is 23.5 Å². The zero-order valence-corrected chi connectivity index (χ0v) is 24.6. The number of furan rings is 1. The number of aromatic nitrogens is 1. The van der Waals surface area contributed by atoms with E-state index in [0.717, 1.165) is 23.1 Å². The van der Waals surface area contributed by atoms with Gasteiger partial charge in [-0.3, -0.25) is 9.36 Å². The number of carbonyl (C=O) groups is 1. The fraction of sp³-hybridized carbons (Fsp3) is 0.393. The van der Waals surface area contributed by atoms with Crippen molar-refractivity contribution in [3.05, 3.63) is 77.1 Å². The largest absolute Gasteiger partial charge is 0.494 e. The molecule has 9 nitrogen and oxygen atoms in total. The molecule has 11 heteroatoms. The molecule has 1 aromatic carbocycles. The summed E-state index contributed by atoms with van der Waals surface area (Å²) in [4.78, 5) is 34.4. The number of esters is 1. The number of nitrogens with zero attached hydrogens (tertiary/aromatic N) is 3. The van der Waals surface area contributed by atoms with Crippen LogP contribution in [0.25, 0.3) is 6.08 Å². The predicted molar refractivity (Wildman–Crippen MR) is 152 cm³/mol. The van der Waals surface area contributed by atoms with E-state index in [-0.39, 0.29) is 11.7 Å². The first-order valence-electron chi connectivity index (χ1n) is 12.8. The van der Waals surface area contributed by atoms with Crippen LogP contribution in [0.5, 0.6) is 5.75 Å². The number of allylic oxidation sites excluding steroid dienone is 1. The summed E-state index contributed by atoms with van der Waals surface area (Å²) in [5.41, 5.74) is 1.34. The van der Waals surface area contributed by atoms with Gasteiger partial charge < -0.3 is 23.5 Å². The molecule has 2 aromatic heterocycles. The van der Waals surface area contributed by atoms with E-state index in [4.69, 9.17) is 18.6 Å². The molecule has 39 heavy (non-hydrogen) atoms. The number of hydrogen-bond acceptors (Lipinski definition) is 9. The summed E-state index contributed by atoms with van der Waals surface area (Å²) in [7, 11) is 0. The van der Waals surface area contributed by atoms with Crippen LogP contribution < -0.4 is 24.5 Å². The number of thiazole rings is 1. The smallest absolute Gasteiger partial charge is 0.338 e. The van der Waals surface area contributed by atoms with Gasteiger partial charge in [0.2, 0.25) is 5.88 Å². The van der Waals surface area contributed by atoms with Gasteiger partial charge in [-0.25, -0.2) is 9.79 Å². The maximum Gasteiger partial charge on any atom is 0.338 e. The minimum atomic E-state index is -0.697. The Bertz CT molecular complexity index is 1580. The van der Waals surface area contributed by atoms with Crippen LogP contribution in [0.4, 0.5) is 5.88 Å². The topological polar surface area (TPSA) is 95.5 Å². The molecular weight excluding hydrogens is 586 g/mol. The van der Waals surface area contributed by atoms with E-state index in [1.54, 1.807) is 31.4 Å². The average molecular weight is 617 g/mol. The Balaban J connectivity index is 1.61. The van der Waals surface area contributed by atoms with E-state index in [1.807, 2.05) is 37.3 Å². The van der Waals surface area contributed by atoms with E-state index in [9.17, 15) is 9.59 Å². The number of halogens is 1. The van der Waals surface area contributed by atoms with Gasteiger partial charge in [0, 0.05) is 25.2 Å². The molecule has 0 spiro atoms. The van der Waals surface area contributed by atoms with E-state index >= 15 is 0 Å². The van der Waals surface area contributed by atoms with Gasteiger partial charge in [0.05, 0.1) is 52.2 Å². The van der Waals surface area contributed by atoms with E-state index in [0.29, 0.717) is 57.8 Å². The molecule has 2 aliphatic rings. The summed E-state index contributed by atoms with van der Waals surface area (Å²) in [6.07, 6.45) is 1.40. The van der Waals surface area contributed by atoms with Gasteiger partial charge in [0.25, 0.3) is 5.56 Å². The first kappa shape index (κ1) is 27.4. The number of ether oxygens (including phenoxy) is 3. The molecule has 0 amide bonds. The highest BCUT2D eigenvalue weighted by Gasteiger charge is 2.34. The van der Waals surface area contributed by atoms with E-state index in [2.05, 4.69) is 25.8 Å². The van der Waals surface area contributed by atoms with Crippen LogP contribution in [0.1, 0.15) is 45.1 Å². The summed E-state index contributed by atoms with van der Waals surface area (Å²) >= 11 is 4.84. The molecule has 206 valence electrons. The van der Waals surface area contributed by atoms with Crippen LogP contribution in [0.3, 0.4) is 0 Å². The minimum absolute atomic E-state index is 0.263. The Hall–Kier alpha value is -3.15. The van der Waals surface area contributed by atoms with Crippen molar-refractivity contribution in [3.63, 3.8) is 0 Å². The van der Waals surface area contributed by atoms with Crippen LogP contribution in [0.15, 0.2) is 60.3 Å². The summed E-state index contributed by atoms with van der Waals surface area (Å²) in [6.45, 7) is 10.5. The van der Waals surface area contributed by atoms with Crippen LogP contribution in [0, 0.1) is 0 Å². The Morgan fingerprint density at radius 1 is 1.26 bits per heavy atom. The Kier molecular flexibility index (Phi) is 8.11. The summed E-state index contributed by atoms with van der Waals surface area (Å²) in [5.74, 6) is 1.46. The summed E-state index contributed by atoms with van der Waals surface area (Å²) < 4.78 is 25.6. The number of benzene rings is 1. The van der Waals surface area contributed by atoms with E-state index < -0.39 is 12.0 Å². The van der Waals surface area contributed by atoms with Crippen molar-refractivity contribution in [1.29, 1.82) is 0 Å². The van der Waals surface area contributed by atoms with Crippen molar-refractivity contribution in [2.45, 2.75) is 39.8 Å². The number of rotatable bonds is 7. The lowest BCUT2D eigenvalue weighted by molar-refractivity contribution is -0.143. The lowest BCUT2D eigenvalue weighted by Crippen LogP contribution is -2.40. The molecular formula is C28H30BrN3O6S. The fourth-order valence-electron chi connectivity index (χ4n) is 4.65. The van der Waals surface area contributed by atoms with Crippen LogP contribution in [-0.2, 0) is 14.3 Å². The molecule has 0 aliphatic carbocycles. The minimum Gasteiger partial charge on any atom is -0.494 e. The molecule has 2 aliphatic heterocycles. The number of fused-ring (bicyclic) bond motifs is 1. The lowest BCUT2D eigenvalue weighted by atomic mass is 9.96. The summed E-state index contributed by atoms with van der Waals surface area (Å²) in [6, 6.07) is 8.56. The SMILES string of the molecule is CCOc1ccc([C@@H]2C(C(=O)OC(C)C)=C(C)N=c3s/c(=C/c4cc(Br)c(N5CCOCC5)o4)c(=O)n32)cc1. The quantitative estimate of drug-likeness (QED) is 0.373. The standard InChI is InChI=1S/C28H30BrN3O6S/c1-5-36-19-8-6-18(7-9-19)24-23(27(34)37-16(2)3)17(4)30-28-32(24)25(33)22(39-28)15-20-14-21(29)26(38-20)31-10-12-35-13-11-31/h6-9,14-16,24H,5,10-13H2,1-4H3/b22-15+/t24-/m1/s1. The number of anilines is 1. The molecule has 1 saturated heterocycles. The van der Waals surface area contributed by atoms with Crippen molar-refractivity contribution >= 4 is 45.2 Å². The Morgan fingerprint density at radius 3 is 2.64 bits per heavy atom. The van der Waals surface area contributed by atoms with Crippen LogP contribution >= 0.6 is 27.3 Å². The van der Waals surface area contributed by atoms with Crippen molar-refractivity contribution in [1.82, 2.24) is 4.57 Å². The number of morpholine rings is 1. The van der Waals surface area contributed by atoms with Crippen LogP contribution in [0.2, 0.25) is 0 Å². The molecule has 1 fully saturated rings. The molecule has 0 unspecified atom stereocenters. The second kappa shape index (κ2) is 11.5. The number of hydrogen-bond donors (Lipinski definition) is 0. The van der Waals surface area contributed by atoms with Gasteiger partial charge in [-0.15, -0.1) is 0 Å². The fourth-order valence-corrected chi connectivity index (χ4v) is 6.23. The third-order valence-electron chi connectivity index (χ3n) is 6.35. The highest BCUT2D eigenvalue weighted by Crippen LogP contribution is 2.33. The van der Waals surface area contributed by atoms with Crippen molar-refractivity contribution < 1.29 is 23.4 Å².